The van der Waals surface area contributed by atoms with E-state index in [1.165, 1.54) is 17.4 Å². The second-order valence-corrected chi connectivity index (χ2v) is 7.38. The summed E-state index contributed by atoms with van der Waals surface area (Å²) in [6, 6.07) is 2.97. The van der Waals surface area contributed by atoms with Crippen LogP contribution >= 0.6 is 0 Å². The highest BCUT2D eigenvalue weighted by Crippen LogP contribution is 2.40. The Hall–Kier alpha value is -2.09. The van der Waals surface area contributed by atoms with Gasteiger partial charge in [0.1, 0.15) is 5.75 Å². The summed E-state index contributed by atoms with van der Waals surface area (Å²) in [5.41, 5.74) is 6.27. The lowest BCUT2D eigenvalue weighted by Gasteiger charge is -2.36. The van der Waals surface area contributed by atoms with Crippen LogP contribution in [-0.4, -0.2) is 37.8 Å². The molecular formula is C19H26F2N2O4. The molecule has 0 saturated heterocycles. The molecule has 1 aromatic carbocycles. The van der Waals surface area contributed by atoms with E-state index in [1.54, 1.807) is 13.1 Å². The van der Waals surface area contributed by atoms with E-state index in [0.717, 1.165) is 25.7 Å². The molecule has 6 nitrogen and oxygen atoms in total. The first kappa shape index (κ1) is 19.7. The Balaban J connectivity index is 1.72. The molecule has 0 spiro atoms. The van der Waals surface area contributed by atoms with Crippen LogP contribution in [-0.2, 0) is 11.3 Å². The third-order valence-corrected chi connectivity index (χ3v) is 5.48. The number of ether oxygens (including phenoxy) is 3. The fourth-order valence-electron chi connectivity index (χ4n) is 3.85. The van der Waals surface area contributed by atoms with E-state index in [2.05, 4.69) is 4.74 Å². The zero-order valence-corrected chi connectivity index (χ0v) is 15.5. The molecule has 1 saturated carbocycles. The van der Waals surface area contributed by atoms with Crippen LogP contribution in [0.2, 0.25) is 0 Å². The first-order chi connectivity index (χ1) is 12.9. The van der Waals surface area contributed by atoms with Crippen molar-refractivity contribution in [3.8, 4) is 17.2 Å². The summed E-state index contributed by atoms with van der Waals surface area (Å²) in [5, 5.41) is 0. The van der Waals surface area contributed by atoms with Crippen molar-refractivity contribution >= 4 is 5.91 Å². The van der Waals surface area contributed by atoms with E-state index in [1.807, 2.05) is 0 Å². The number of carbonyl (C=O) groups is 1. The van der Waals surface area contributed by atoms with Crippen molar-refractivity contribution in [3.05, 3.63) is 17.7 Å². The van der Waals surface area contributed by atoms with E-state index in [0.29, 0.717) is 30.0 Å². The summed E-state index contributed by atoms with van der Waals surface area (Å²) in [6.07, 6.45) is 5.62. The average Bonchev–Trinajstić information content (AvgIpc) is 3.09. The monoisotopic (exact) mass is 384 g/mol. The molecule has 0 aromatic heterocycles. The van der Waals surface area contributed by atoms with Crippen LogP contribution in [0.1, 0.15) is 44.1 Å². The number of hydrogen-bond donors (Lipinski definition) is 1. The molecule has 1 aliphatic carbocycles. The van der Waals surface area contributed by atoms with E-state index < -0.39 is 6.61 Å². The molecule has 0 unspecified atom stereocenters. The van der Waals surface area contributed by atoms with Gasteiger partial charge in [-0.1, -0.05) is 19.3 Å². The normalized spacial score (nSPS) is 17.8. The second-order valence-electron chi connectivity index (χ2n) is 7.38. The van der Waals surface area contributed by atoms with Gasteiger partial charge in [-0.2, -0.15) is 8.78 Å². The van der Waals surface area contributed by atoms with Gasteiger partial charge in [-0.25, -0.2) is 0 Å². The van der Waals surface area contributed by atoms with Gasteiger partial charge in [-0.3, -0.25) is 4.79 Å². The topological polar surface area (TPSA) is 74.0 Å². The average molecular weight is 384 g/mol. The molecule has 0 atom stereocenters. The molecule has 2 aliphatic rings. The van der Waals surface area contributed by atoms with Crippen molar-refractivity contribution in [2.75, 3.05) is 20.4 Å². The van der Waals surface area contributed by atoms with Gasteiger partial charge in [-0.05, 0) is 30.9 Å². The Kier molecular flexibility index (Phi) is 6.04. The summed E-state index contributed by atoms with van der Waals surface area (Å²) in [5.74, 6) is 0.744. The maximum Gasteiger partial charge on any atom is 0.387 e. The van der Waals surface area contributed by atoms with Gasteiger partial charge in [0, 0.05) is 31.6 Å². The van der Waals surface area contributed by atoms with E-state index in [-0.39, 0.29) is 30.4 Å². The molecule has 27 heavy (non-hydrogen) atoms. The molecule has 8 heteroatoms. The lowest BCUT2D eigenvalue weighted by molar-refractivity contribution is -0.133. The minimum Gasteiger partial charge on any atom is -0.454 e. The molecular weight excluding hydrogens is 358 g/mol. The highest BCUT2D eigenvalue weighted by atomic mass is 19.3. The van der Waals surface area contributed by atoms with Crippen molar-refractivity contribution in [1.82, 2.24) is 4.90 Å². The number of alkyl halides is 2. The van der Waals surface area contributed by atoms with Crippen LogP contribution in [0.5, 0.6) is 17.2 Å². The van der Waals surface area contributed by atoms with Crippen LogP contribution < -0.4 is 19.9 Å². The SMILES string of the molecule is CN(Cc1cc2c(cc1OC(F)F)OCO2)C(=O)CC1(CN)CCCCC1. The largest absolute Gasteiger partial charge is 0.454 e. The van der Waals surface area contributed by atoms with Crippen molar-refractivity contribution in [2.45, 2.75) is 51.7 Å². The van der Waals surface area contributed by atoms with Crippen LogP contribution in [0.25, 0.3) is 0 Å². The Labute approximate surface area is 157 Å². The molecule has 3 rings (SSSR count). The summed E-state index contributed by atoms with van der Waals surface area (Å²) in [4.78, 5) is 14.3. The molecule has 1 aliphatic heterocycles. The number of nitrogens with two attached hydrogens (primary N) is 1. The second kappa shape index (κ2) is 8.29. The number of hydrogen-bond acceptors (Lipinski definition) is 5. The quantitative estimate of drug-likeness (QED) is 0.781. The van der Waals surface area contributed by atoms with Gasteiger partial charge >= 0.3 is 6.61 Å². The summed E-state index contributed by atoms with van der Waals surface area (Å²) in [6.45, 7) is -2.32. The van der Waals surface area contributed by atoms with E-state index in [9.17, 15) is 13.6 Å². The number of amides is 1. The van der Waals surface area contributed by atoms with Gasteiger partial charge in [0.2, 0.25) is 12.7 Å². The number of halogens is 2. The predicted octanol–water partition coefficient (Wildman–Crippen LogP) is 3.27. The molecule has 2 N–H and O–H groups in total. The number of benzene rings is 1. The van der Waals surface area contributed by atoms with Crippen molar-refractivity contribution in [1.29, 1.82) is 0 Å². The Bertz CT molecular complexity index is 678. The molecule has 150 valence electrons. The molecule has 1 aromatic rings. The summed E-state index contributed by atoms with van der Waals surface area (Å²) < 4.78 is 40.7. The fraction of sp³-hybridized carbons (Fsp3) is 0.632. The Morgan fingerprint density at radius 1 is 1.26 bits per heavy atom. The molecule has 0 radical (unpaired) electrons. The lowest BCUT2D eigenvalue weighted by atomic mass is 9.71. The highest BCUT2D eigenvalue weighted by molar-refractivity contribution is 5.77. The highest BCUT2D eigenvalue weighted by Gasteiger charge is 2.34. The van der Waals surface area contributed by atoms with E-state index in [4.69, 9.17) is 15.2 Å². The summed E-state index contributed by atoms with van der Waals surface area (Å²) in [7, 11) is 1.66. The maximum atomic E-state index is 12.8. The first-order valence-electron chi connectivity index (χ1n) is 9.24. The minimum absolute atomic E-state index is 0.0138. The van der Waals surface area contributed by atoms with Gasteiger partial charge in [0.05, 0.1) is 0 Å². The molecule has 1 fully saturated rings. The van der Waals surface area contributed by atoms with Crippen LogP contribution in [0.15, 0.2) is 12.1 Å². The number of fused-ring (bicyclic) bond motifs is 1. The Morgan fingerprint density at radius 3 is 2.56 bits per heavy atom. The van der Waals surface area contributed by atoms with Gasteiger partial charge in [0.25, 0.3) is 0 Å². The zero-order valence-electron chi connectivity index (χ0n) is 15.5. The van der Waals surface area contributed by atoms with Crippen LogP contribution in [0.4, 0.5) is 8.78 Å². The number of carbonyl (C=O) groups excluding carboxylic acids is 1. The van der Waals surface area contributed by atoms with Gasteiger partial charge in [-0.15, -0.1) is 0 Å². The van der Waals surface area contributed by atoms with E-state index >= 15 is 0 Å². The van der Waals surface area contributed by atoms with Crippen molar-refractivity contribution in [2.24, 2.45) is 11.1 Å². The number of nitrogens with zero attached hydrogens (tertiary/aromatic N) is 1. The fourth-order valence-corrected chi connectivity index (χ4v) is 3.85. The lowest BCUT2D eigenvalue weighted by Crippen LogP contribution is -2.39. The van der Waals surface area contributed by atoms with Gasteiger partial charge < -0.3 is 24.8 Å². The molecule has 0 bridgehead atoms. The zero-order chi connectivity index (χ0) is 19.4. The summed E-state index contributed by atoms with van der Waals surface area (Å²) >= 11 is 0. The van der Waals surface area contributed by atoms with Gasteiger partial charge in [0.15, 0.2) is 11.5 Å². The Morgan fingerprint density at radius 2 is 1.93 bits per heavy atom. The standard InChI is InChI=1S/C19H26F2N2O4/c1-23(17(24)9-19(11-22)5-3-2-4-6-19)10-13-7-15-16(26-12-25-15)8-14(13)27-18(20)21/h7-8,18H,2-6,9-12,22H2,1H3. The van der Waals surface area contributed by atoms with Crippen LogP contribution in [0, 0.1) is 5.41 Å². The van der Waals surface area contributed by atoms with Crippen molar-refractivity contribution < 1.29 is 27.8 Å². The van der Waals surface area contributed by atoms with Crippen molar-refractivity contribution in [3.63, 3.8) is 0 Å². The molecule has 1 amide bonds. The maximum absolute atomic E-state index is 12.8. The predicted molar refractivity (Wildman–Crippen MR) is 94.9 cm³/mol. The third kappa shape index (κ3) is 4.61. The molecule has 1 heterocycles. The minimum atomic E-state index is -2.96. The first-order valence-corrected chi connectivity index (χ1v) is 9.24. The van der Waals surface area contributed by atoms with Crippen LogP contribution in [0.3, 0.4) is 0 Å². The third-order valence-electron chi connectivity index (χ3n) is 5.48. The smallest absolute Gasteiger partial charge is 0.387 e. The number of rotatable bonds is 7.